The molecule has 2 aromatic rings. The molecule has 92 valence electrons. The van der Waals surface area contributed by atoms with E-state index < -0.39 is 5.60 Å². The molecule has 1 heterocycles. The third kappa shape index (κ3) is 2.58. The van der Waals surface area contributed by atoms with E-state index in [-0.39, 0.29) is 0 Å². The predicted molar refractivity (Wildman–Crippen MR) is 67.8 cm³/mol. The molecule has 0 spiro atoms. The molecule has 0 unspecified atom stereocenters. The average molecular weight is 241 g/mol. The van der Waals surface area contributed by atoms with E-state index in [0.29, 0.717) is 12.0 Å². The van der Waals surface area contributed by atoms with Crippen LogP contribution in [0.2, 0.25) is 0 Å². The number of H-pyrrole nitrogens is 1. The summed E-state index contributed by atoms with van der Waals surface area (Å²) in [7, 11) is 0. The molecule has 0 saturated heterocycles. The first-order valence-electron chi connectivity index (χ1n) is 5.75. The molecule has 1 aromatic heterocycles. The van der Waals surface area contributed by atoms with Crippen molar-refractivity contribution in [1.82, 2.24) is 10.2 Å². The van der Waals surface area contributed by atoms with E-state index in [2.05, 4.69) is 16.3 Å². The molecule has 2 rings (SSSR count). The molecule has 0 fully saturated rings. The van der Waals surface area contributed by atoms with Crippen LogP contribution in [0.4, 0.5) is 0 Å². The van der Waals surface area contributed by atoms with Crippen LogP contribution in [0.25, 0.3) is 0 Å². The lowest BCUT2D eigenvalue weighted by molar-refractivity contribution is 0.0786. The quantitative estimate of drug-likeness (QED) is 0.864. The molecule has 0 saturated carbocycles. The fourth-order valence-electron chi connectivity index (χ4n) is 1.78. The van der Waals surface area contributed by atoms with Crippen LogP contribution in [0, 0.1) is 11.3 Å². The van der Waals surface area contributed by atoms with Crippen LogP contribution < -0.4 is 0 Å². The minimum absolute atomic E-state index is 0.571. The Morgan fingerprint density at radius 1 is 1.33 bits per heavy atom. The van der Waals surface area contributed by atoms with Gasteiger partial charge in [0.2, 0.25) is 0 Å². The zero-order chi connectivity index (χ0) is 13.2. The summed E-state index contributed by atoms with van der Waals surface area (Å²) in [6.07, 6.45) is 2.16. The number of nitriles is 1. The van der Waals surface area contributed by atoms with E-state index >= 15 is 0 Å². The second-order valence-corrected chi connectivity index (χ2v) is 4.81. The summed E-state index contributed by atoms with van der Waals surface area (Å²) in [6, 6.07) is 9.81. The first kappa shape index (κ1) is 12.3. The highest BCUT2D eigenvalue weighted by Crippen LogP contribution is 2.20. The fourth-order valence-corrected chi connectivity index (χ4v) is 1.78. The fraction of sp³-hybridized carbons (Fsp3) is 0.286. The number of hydrogen-bond donors (Lipinski definition) is 2. The van der Waals surface area contributed by atoms with Crippen LogP contribution in [-0.2, 0) is 12.0 Å². The number of rotatable bonds is 3. The highest BCUT2D eigenvalue weighted by atomic mass is 16.3. The smallest absolute Gasteiger partial charge is 0.103 e. The average Bonchev–Trinajstić information content (AvgIpc) is 2.76. The summed E-state index contributed by atoms with van der Waals surface area (Å²) in [5.74, 6) is 0. The van der Waals surface area contributed by atoms with E-state index in [4.69, 9.17) is 5.26 Å². The van der Waals surface area contributed by atoms with Gasteiger partial charge in [0.05, 0.1) is 23.1 Å². The Bertz CT molecular complexity index is 570. The Hall–Kier alpha value is -2.12. The van der Waals surface area contributed by atoms with Crippen LogP contribution in [0.15, 0.2) is 30.5 Å². The normalized spacial score (nSPS) is 11.2. The molecule has 2 N–H and O–H groups in total. The van der Waals surface area contributed by atoms with Crippen LogP contribution in [0.1, 0.15) is 36.2 Å². The van der Waals surface area contributed by atoms with E-state index in [1.165, 1.54) is 6.20 Å². The van der Waals surface area contributed by atoms with Crippen molar-refractivity contribution < 1.29 is 5.11 Å². The van der Waals surface area contributed by atoms with Gasteiger partial charge in [-0.2, -0.15) is 10.4 Å². The lowest BCUT2D eigenvalue weighted by Crippen LogP contribution is -2.15. The summed E-state index contributed by atoms with van der Waals surface area (Å²) < 4.78 is 0. The largest absolute Gasteiger partial charge is 0.386 e. The van der Waals surface area contributed by atoms with Gasteiger partial charge in [0, 0.05) is 6.42 Å². The van der Waals surface area contributed by atoms with E-state index in [0.717, 1.165) is 16.8 Å². The van der Waals surface area contributed by atoms with Gasteiger partial charge in [-0.25, -0.2) is 0 Å². The van der Waals surface area contributed by atoms with Crippen LogP contribution in [0.3, 0.4) is 0 Å². The topological polar surface area (TPSA) is 72.7 Å². The molecule has 0 radical (unpaired) electrons. The molecule has 0 aliphatic heterocycles. The molecule has 0 amide bonds. The molecule has 0 aliphatic carbocycles. The maximum atomic E-state index is 9.86. The molecular weight excluding hydrogens is 226 g/mol. The second kappa shape index (κ2) is 4.63. The maximum absolute atomic E-state index is 9.86. The van der Waals surface area contributed by atoms with Crippen LogP contribution >= 0.6 is 0 Å². The number of aliphatic hydroxyl groups is 1. The van der Waals surface area contributed by atoms with Gasteiger partial charge in [-0.1, -0.05) is 24.3 Å². The third-order valence-electron chi connectivity index (χ3n) is 2.88. The van der Waals surface area contributed by atoms with Gasteiger partial charge in [0.1, 0.15) is 6.07 Å². The minimum Gasteiger partial charge on any atom is -0.386 e. The van der Waals surface area contributed by atoms with Crippen molar-refractivity contribution in [2.75, 3.05) is 0 Å². The molecule has 18 heavy (non-hydrogen) atoms. The molecule has 0 bridgehead atoms. The first-order chi connectivity index (χ1) is 8.50. The van der Waals surface area contributed by atoms with Crippen molar-refractivity contribution in [2.45, 2.75) is 25.9 Å². The number of benzene rings is 1. The van der Waals surface area contributed by atoms with Crippen molar-refractivity contribution in [3.05, 3.63) is 52.8 Å². The van der Waals surface area contributed by atoms with Gasteiger partial charge >= 0.3 is 0 Å². The van der Waals surface area contributed by atoms with Crippen LogP contribution in [0.5, 0.6) is 0 Å². The predicted octanol–water partition coefficient (Wildman–Crippen LogP) is 2.10. The monoisotopic (exact) mass is 241 g/mol. The van der Waals surface area contributed by atoms with Crippen molar-refractivity contribution in [1.29, 1.82) is 5.26 Å². The van der Waals surface area contributed by atoms with Gasteiger partial charge in [0.25, 0.3) is 0 Å². The Morgan fingerprint density at radius 2 is 2.00 bits per heavy atom. The van der Waals surface area contributed by atoms with Crippen LogP contribution in [-0.4, -0.2) is 15.3 Å². The van der Waals surface area contributed by atoms with E-state index in [9.17, 15) is 5.11 Å². The molecule has 0 atom stereocenters. The Labute approximate surface area is 106 Å². The minimum atomic E-state index is -0.829. The zero-order valence-electron chi connectivity index (χ0n) is 10.4. The van der Waals surface area contributed by atoms with Crippen molar-refractivity contribution in [3.63, 3.8) is 0 Å². The zero-order valence-corrected chi connectivity index (χ0v) is 10.4. The summed E-state index contributed by atoms with van der Waals surface area (Å²) in [5.41, 5.74) is 2.50. The van der Waals surface area contributed by atoms with Gasteiger partial charge < -0.3 is 5.11 Å². The van der Waals surface area contributed by atoms with Gasteiger partial charge in [-0.3, -0.25) is 5.10 Å². The molecule has 4 nitrogen and oxygen atoms in total. The third-order valence-corrected chi connectivity index (χ3v) is 2.88. The van der Waals surface area contributed by atoms with Gasteiger partial charge in [0.15, 0.2) is 0 Å². The van der Waals surface area contributed by atoms with Crippen molar-refractivity contribution in [2.24, 2.45) is 0 Å². The summed E-state index contributed by atoms with van der Waals surface area (Å²) in [5, 5.41) is 25.4. The number of aromatic nitrogens is 2. The lowest BCUT2D eigenvalue weighted by Gasteiger charge is -2.17. The summed E-state index contributed by atoms with van der Waals surface area (Å²) in [6.45, 7) is 3.51. The Kier molecular flexibility index (Phi) is 3.17. The van der Waals surface area contributed by atoms with Crippen molar-refractivity contribution in [3.8, 4) is 6.07 Å². The molecule has 1 aromatic carbocycles. The highest BCUT2D eigenvalue weighted by Gasteiger charge is 2.15. The summed E-state index contributed by atoms with van der Waals surface area (Å²) in [4.78, 5) is 0. The second-order valence-electron chi connectivity index (χ2n) is 4.81. The maximum Gasteiger partial charge on any atom is 0.103 e. The number of aromatic amines is 1. The number of hydrogen-bond acceptors (Lipinski definition) is 3. The van der Waals surface area contributed by atoms with E-state index in [1.807, 2.05) is 24.3 Å². The SMILES string of the molecule is CC(C)(O)c1ccc(Cc2[nH]ncc2C#N)cc1. The number of nitrogens with one attached hydrogen (secondary N) is 1. The number of nitrogens with zero attached hydrogens (tertiary/aromatic N) is 2. The summed E-state index contributed by atoms with van der Waals surface area (Å²) >= 11 is 0. The Balaban J connectivity index is 2.19. The lowest BCUT2D eigenvalue weighted by atomic mass is 9.96. The Morgan fingerprint density at radius 3 is 2.56 bits per heavy atom. The first-order valence-corrected chi connectivity index (χ1v) is 5.75. The van der Waals surface area contributed by atoms with Gasteiger partial charge in [-0.05, 0) is 25.0 Å². The van der Waals surface area contributed by atoms with Gasteiger partial charge in [-0.15, -0.1) is 0 Å². The molecular formula is C14H15N3O. The molecule has 4 heteroatoms. The highest BCUT2D eigenvalue weighted by molar-refractivity contribution is 5.35. The molecule has 0 aliphatic rings. The van der Waals surface area contributed by atoms with Crippen molar-refractivity contribution >= 4 is 0 Å². The van der Waals surface area contributed by atoms with E-state index in [1.54, 1.807) is 13.8 Å². The standard InChI is InChI=1S/C14H15N3O/c1-14(2,18)12-5-3-10(4-6-12)7-13-11(8-15)9-16-17-13/h3-6,9,18H,7H2,1-2H3,(H,16,17).